The number of hydrogen-bond donors (Lipinski definition) is 1. The Morgan fingerprint density at radius 1 is 1.15 bits per heavy atom. The van der Waals surface area contributed by atoms with E-state index >= 15 is 0 Å². The standard InChI is InChI=1S/C24H16F4N4O2/c25-16-8-14(11-29)9-17(10-16)31-22(33)20-18-5-1-2-6-19(18)23(34)32(13-24(26,27)28)21(20)15-4-3-7-30-12-15/h1-10,12,20-21H,13H2,(H,31,33)/t20-,21+/m1/s1. The van der Waals surface area contributed by atoms with Crippen molar-refractivity contribution in [3.8, 4) is 6.07 Å². The third-order valence-electron chi connectivity index (χ3n) is 5.39. The van der Waals surface area contributed by atoms with E-state index in [1.165, 1.54) is 48.8 Å². The van der Waals surface area contributed by atoms with Crippen molar-refractivity contribution in [1.82, 2.24) is 9.88 Å². The molecule has 3 aromatic rings. The second kappa shape index (κ2) is 8.94. The van der Waals surface area contributed by atoms with E-state index in [9.17, 15) is 27.2 Å². The molecular weight excluding hydrogens is 452 g/mol. The molecule has 172 valence electrons. The number of anilines is 1. The summed E-state index contributed by atoms with van der Waals surface area (Å²) in [5, 5.41) is 11.6. The van der Waals surface area contributed by atoms with Gasteiger partial charge >= 0.3 is 6.18 Å². The normalized spacial score (nSPS) is 17.6. The van der Waals surface area contributed by atoms with Crippen LogP contribution in [-0.2, 0) is 4.79 Å². The van der Waals surface area contributed by atoms with Gasteiger partial charge in [0.15, 0.2) is 0 Å². The zero-order valence-electron chi connectivity index (χ0n) is 17.4. The second-order valence-electron chi connectivity index (χ2n) is 7.67. The minimum absolute atomic E-state index is 0.0380. The number of fused-ring (bicyclic) bond motifs is 1. The molecule has 10 heteroatoms. The highest BCUT2D eigenvalue weighted by molar-refractivity contribution is 6.04. The molecule has 0 saturated carbocycles. The number of halogens is 4. The van der Waals surface area contributed by atoms with E-state index in [-0.39, 0.29) is 27.9 Å². The fourth-order valence-corrected chi connectivity index (χ4v) is 4.11. The highest BCUT2D eigenvalue weighted by atomic mass is 19.4. The molecule has 6 nitrogen and oxygen atoms in total. The second-order valence-corrected chi connectivity index (χ2v) is 7.67. The van der Waals surface area contributed by atoms with Crippen molar-refractivity contribution in [2.75, 3.05) is 11.9 Å². The summed E-state index contributed by atoms with van der Waals surface area (Å²) in [5.41, 5.74) is 0.338. The highest BCUT2D eigenvalue weighted by Crippen LogP contribution is 2.44. The van der Waals surface area contributed by atoms with Crippen molar-refractivity contribution in [2.24, 2.45) is 0 Å². The van der Waals surface area contributed by atoms with Gasteiger partial charge in [0.2, 0.25) is 5.91 Å². The first-order chi connectivity index (χ1) is 16.2. The predicted molar refractivity (Wildman–Crippen MR) is 113 cm³/mol. The molecule has 1 aliphatic heterocycles. The van der Waals surface area contributed by atoms with Crippen LogP contribution in [0, 0.1) is 17.1 Å². The molecule has 1 N–H and O–H groups in total. The van der Waals surface area contributed by atoms with E-state index in [1.54, 1.807) is 12.1 Å². The maximum absolute atomic E-state index is 13.9. The van der Waals surface area contributed by atoms with Gasteiger partial charge < -0.3 is 10.2 Å². The molecule has 0 saturated heterocycles. The van der Waals surface area contributed by atoms with E-state index < -0.39 is 42.3 Å². The largest absolute Gasteiger partial charge is 0.406 e. The monoisotopic (exact) mass is 468 g/mol. The maximum atomic E-state index is 13.9. The van der Waals surface area contributed by atoms with Crippen LogP contribution in [-0.4, -0.2) is 34.4 Å². The first kappa shape index (κ1) is 22.9. The molecule has 1 aliphatic rings. The summed E-state index contributed by atoms with van der Waals surface area (Å²) in [7, 11) is 0. The van der Waals surface area contributed by atoms with Gasteiger partial charge in [0.05, 0.1) is 23.6 Å². The SMILES string of the molecule is N#Cc1cc(F)cc(NC(=O)[C@@H]2c3ccccc3C(=O)N(CC(F)(F)F)[C@H]2c2cccnc2)c1. The van der Waals surface area contributed by atoms with Crippen LogP contribution in [0.15, 0.2) is 67.0 Å². The van der Waals surface area contributed by atoms with Gasteiger partial charge in [-0.25, -0.2) is 4.39 Å². The van der Waals surface area contributed by atoms with Crippen LogP contribution in [0.1, 0.15) is 39.0 Å². The molecule has 0 bridgehead atoms. The van der Waals surface area contributed by atoms with Gasteiger partial charge in [-0.3, -0.25) is 14.6 Å². The Balaban J connectivity index is 1.85. The van der Waals surface area contributed by atoms with Crippen LogP contribution in [0.3, 0.4) is 0 Å². The van der Waals surface area contributed by atoms with Crippen molar-refractivity contribution in [3.63, 3.8) is 0 Å². The maximum Gasteiger partial charge on any atom is 0.406 e. The lowest BCUT2D eigenvalue weighted by Crippen LogP contribution is -2.49. The van der Waals surface area contributed by atoms with E-state index in [4.69, 9.17) is 5.26 Å². The average molecular weight is 468 g/mol. The zero-order valence-corrected chi connectivity index (χ0v) is 17.4. The van der Waals surface area contributed by atoms with Crippen LogP contribution in [0.5, 0.6) is 0 Å². The first-order valence-corrected chi connectivity index (χ1v) is 10.1. The van der Waals surface area contributed by atoms with Crippen molar-refractivity contribution >= 4 is 17.5 Å². The number of carbonyl (C=O) groups excluding carboxylic acids is 2. The summed E-state index contributed by atoms with van der Waals surface area (Å²) in [5.74, 6) is -3.68. The van der Waals surface area contributed by atoms with Crippen LogP contribution < -0.4 is 5.32 Å². The molecule has 0 fully saturated rings. The third-order valence-corrected chi connectivity index (χ3v) is 5.39. The molecule has 4 rings (SSSR count). The molecule has 2 heterocycles. The van der Waals surface area contributed by atoms with Crippen LogP contribution in [0.2, 0.25) is 0 Å². The summed E-state index contributed by atoms with van der Waals surface area (Å²) in [6.07, 6.45) is -2.01. The lowest BCUT2D eigenvalue weighted by molar-refractivity contribution is -0.148. The first-order valence-electron chi connectivity index (χ1n) is 10.1. The molecule has 34 heavy (non-hydrogen) atoms. The Labute approximate surface area is 191 Å². The number of benzene rings is 2. The topological polar surface area (TPSA) is 86.1 Å². The Kier molecular flexibility index (Phi) is 6.03. The summed E-state index contributed by atoms with van der Waals surface area (Å²) in [6, 6.07) is 12.6. The van der Waals surface area contributed by atoms with Crippen LogP contribution >= 0.6 is 0 Å². The van der Waals surface area contributed by atoms with E-state index in [0.717, 1.165) is 12.1 Å². The average Bonchev–Trinajstić information content (AvgIpc) is 2.80. The van der Waals surface area contributed by atoms with Gasteiger partial charge in [0.25, 0.3) is 5.91 Å². The fourth-order valence-electron chi connectivity index (χ4n) is 4.11. The van der Waals surface area contributed by atoms with E-state index in [2.05, 4.69) is 10.3 Å². The fraction of sp³-hybridized carbons (Fsp3) is 0.167. The van der Waals surface area contributed by atoms with Gasteiger partial charge in [-0.2, -0.15) is 18.4 Å². The minimum atomic E-state index is -4.73. The molecule has 0 aliphatic carbocycles. The molecule has 1 aromatic heterocycles. The Morgan fingerprint density at radius 3 is 2.59 bits per heavy atom. The number of nitriles is 1. The van der Waals surface area contributed by atoms with Crippen molar-refractivity contribution in [1.29, 1.82) is 5.26 Å². The molecule has 2 amide bonds. The molecule has 0 unspecified atom stereocenters. The lowest BCUT2D eigenvalue weighted by atomic mass is 9.79. The van der Waals surface area contributed by atoms with Crippen LogP contribution in [0.4, 0.5) is 23.2 Å². The zero-order chi connectivity index (χ0) is 24.5. The number of pyridine rings is 1. The minimum Gasteiger partial charge on any atom is -0.325 e. The molecule has 0 spiro atoms. The number of alkyl halides is 3. The number of amides is 2. The van der Waals surface area contributed by atoms with E-state index in [0.29, 0.717) is 4.90 Å². The number of rotatable bonds is 4. The smallest absolute Gasteiger partial charge is 0.325 e. The van der Waals surface area contributed by atoms with Gasteiger partial charge in [-0.15, -0.1) is 0 Å². The van der Waals surface area contributed by atoms with Crippen molar-refractivity contribution < 1.29 is 27.2 Å². The number of nitrogens with zero attached hydrogens (tertiary/aromatic N) is 3. The Morgan fingerprint density at radius 2 is 1.91 bits per heavy atom. The summed E-state index contributed by atoms with van der Waals surface area (Å²) >= 11 is 0. The summed E-state index contributed by atoms with van der Waals surface area (Å²) in [6.45, 7) is -1.58. The van der Waals surface area contributed by atoms with Crippen molar-refractivity contribution in [3.05, 3.63) is 95.1 Å². The molecule has 0 radical (unpaired) electrons. The molecular formula is C24H16F4N4O2. The number of nitrogens with one attached hydrogen (secondary N) is 1. The quantitative estimate of drug-likeness (QED) is 0.569. The van der Waals surface area contributed by atoms with E-state index in [1.807, 2.05) is 0 Å². The number of carbonyl (C=O) groups is 2. The summed E-state index contributed by atoms with van der Waals surface area (Å²) < 4.78 is 54.4. The predicted octanol–water partition coefficient (Wildman–Crippen LogP) is 4.57. The Hall–Kier alpha value is -4.26. The number of aromatic nitrogens is 1. The van der Waals surface area contributed by atoms with Gasteiger partial charge in [-0.05, 0) is 41.5 Å². The van der Waals surface area contributed by atoms with Gasteiger partial charge in [0.1, 0.15) is 12.4 Å². The lowest BCUT2D eigenvalue weighted by Gasteiger charge is -2.41. The van der Waals surface area contributed by atoms with Crippen molar-refractivity contribution in [2.45, 2.75) is 18.1 Å². The third kappa shape index (κ3) is 4.59. The highest BCUT2D eigenvalue weighted by Gasteiger charge is 2.47. The van der Waals surface area contributed by atoms with Gasteiger partial charge in [-0.1, -0.05) is 24.3 Å². The Bertz CT molecular complexity index is 1290. The molecule has 2 atom stereocenters. The number of hydrogen-bond acceptors (Lipinski definition) is 4. The summed E-state index contributed by atoms with van der Waals surface area (Å²) in [4.78, 5) is 31.2. The van der Waals surface area contributed by atoms with Crippen LogP contribution in [0.25, 0.3) is 0 Å². The molecule has 2 aromatic carbocycles. The van der Waals surface area contributed by atoms with Gasteiger partial charge in [0, 0.05) is 23.6 Å².